The number of amides is 3. The molecule has 1 atom stereocenters. The van der Waals surface area contributed by atoms with E-state index in [2.05, 4.69) is 20.8 Å². The summed E-state index contributed by atoms with van der Waals surface area (Å²) in [6.07, 6.45) is 0. The molecule has 0 saturated heterocycles. The maximum Gasteiger partial charge on any atom is 0.321 e. The van der Waals surface area contributed by atoms with Gasteiger partial charge in [0.15, 0.2) is 11.0 Å². The number of ether oxygens (including phenoxy) is 1. The summed E-state index contributed by atoms with van der Waals surface area (Å²) in [5, 5.41) is 14.0. The van der Waals surface area contributed by atoms with Crippen LogP contribution in [0.4, 0.5) is 4.79 Å². The maximum absolute atomic E-state index is 12.2. The predicted molar refractivity (Wildman–Crippen MR) is 105 cm³/mol. The smallest absolute Gasteiger partial charge is 0.321 e. The first-order valence-corrected chi connectivity index (χ1v) is 9.65. The van der Waals surface area contributed by atoms with Gasteiger partial charge in [-0.1, -0.05) is 23.4 Å². The molecule has 1 aromatic carbocycles. The molecule has 1 heterocycles. The molecular formula is C17H22ClN5O3S. The van der Waals surface area contributed by atoms with Crippen molar-refractivity contribution in [3.05, 3.63) is 29.3 Å². The van der Waals surface area contributed by atoms with Crippen LogP contribution in [0.25, 0.3) is 11.4 Å². The van der Waals surface area contributed by atoms with E-state index < -0.39 is 17.2 Å². The van der Waals surface area contributed by atoms with Crippen LogP contribution in [-0.2, 0) is 16.1 Å². The molecular weight excluding hydrogens is 390 g/mol. The molecule has 27 heavy (non-hydrogen) atoms. The summed E-state index contributed by atoms with van der Waals surface area (Å²) in [5.74, 6) is 0.253. The summed E-state index contributed by atoms with van der Waals surface area (Å²) in [4.78, 5) is 23.7. The third-order valence-corrected chi connectivity index (χ3v) is 4.90. The average Bonchev–Trinajstić information content (AvgIpc) is 3.03. The Bertz CT molecular complexity index is 781. The number of hydrogen-bond acceptors (Lipinski definition) is 6. The summed E-state index contributed by atoms with van der Waals surface area (Å²) >= 11 is 7.17. The molecule has 0 fully saturated rings. The Balaban J connectivity index is 2.19. The molecule has 2 N–H and O–H groups in total. The minimum absolute atomic E-state index is 0.403. The average molecular weight is 412 g/mol. The first-order valence-electron chi connectivity index (χ1n) is 8.39. The van der Waals surface area contributed by atoms with E-state index in [1.807, 2.05) is 16.7 Å². The number of nitrogens with zero attached hydrogens (tertiary/aromatic N) is 3. The molecule has 0 aliphatic carbocycles. The van der Waals surface area contributed by atoms with Crippen molar-refractivity contribution >= 4 is 35.3 Å². The van der Waals surface area contributed by atoms with Gasteiger partial charge in [-0.05, 0) is 38.1 Å². The van der Waals surface area contributed by atoms with Crippen LogP contribution in [0.5, 0.6) is 0 Å². The molecule has 2 aromatic rings. The number of nitrogens with one attached hydrogen (secondary N) is 2. The maximum atomic E-state index is 12.2. The Morgan fingerprint density at radius 2 is 2.00 bits per heavy atom. The molecule has 8 nitrogen and oxygen atoms in total. The number of imide groups is 1. The van der Waals surface area contributed by atoms with Crippen molar-refractivity contribution in [2.45, 2.75) is 30.8 Å². The van der Waals surface area contributed by atoms with Gasteiger partial charge in [0.05, 0.1) is 18.4 Å². The molecule has 0 unspecified atom stereocenters. The molecule has 0 saturated carbocycles. The lowest BCUT2D eigenvalue weighted by molar-refractivity contribution is -0.119. The Labute approximate surface area is 167 Å². The lowest BCUT2D eigenvalue weighted by atomic mass is 10.2. The highest BCUT2D eigenvalue weighted by molar-refractivity contribution is 8.00. The molecule has 2 rings (SSSR count). The van der Waals surface area contributed by atoms with Gasteiger partial charge in [-0.2, -0.15) is 0 Å². The largest absolute Gasteiger partial charge is 0.383 e. The fourth-order valence-electron chi connectivity index (χ4n) is 2.20. The van der Waals surface area contributed by atoms with Crippen molar-refractivity contribution < 1.29 is 14.3 Å². The fraction of sp³-hybridized carbons (Fsp3) is 0.412. The van der Waals surface area contributed by atoms with Crippen LogP contribution >= 0.6 is 23.4 Å². The number of carbonyl (C=O) groups is 2. The van der Waals surface area contributed by atoms with Crippen LogP contribution in [-0.4, -0.2) is 52.2 Å². The third-order valence-electron chi connectivity index (χ3n) is 3.56. The number of carbonyl (C=O) groups excluding carboxylic acids is 2. The molecule has 0 aliphatic rings. The van der Waals surface area contributed by atoms with Crippen LogP contribution in [0.15, 0.2) is 29.4 Å². The number of thioether (sulfide) groups is 1. The zero-order valence-corrected chi connectivity index (χ0v) is 16.9. The fourth-order valence-corrected chi connectivity index (χ4v) is 3.20. The van der Waals surface area contributed by atoms with Crippen LogP contribution in [0.1, 0.15) is 13.8 Å². The summed E-state index contributed by atoms with van der Waals surface area (Å²) in [6, 6.07) is 6.76. The highest BCUT2D eigenvalue weighted by atomic mass is 35.5. The van der Waals surface area contributed by atoms with Crippen molar-refractivity contribution in [1.29, 1.82) is 0 Å². The molecule has 3 amide bonds. The van der Waals surface area contributed by atoms with Crippen LogP contribution < -0.4 is 10.6 Å². The van der Waals surface area contributed by atoms with Crippen molar-refractivity contribution in [2.75, 3.05) is 20.3 Å². The van der Waals surface area contributed by atoms with E-state index in [1.54, 1.807) is 33.1 Å². The van der Waals surface area contributed by atoms with Gasteiger partial charge in [-0.25, -0.2) is 4.79 Å². The van der Waals surface area contributed by atoms with Gasteiger partial charge in [0.2, 0.25) is 5.91 Å². The molecule has 1 aromatic heterocycles. The van der Waals surface area contributed by atoms with Gasteiger partial charge in [0.25, 0.3) is 0 Å². The normalized spacial score (nSPS) is 11.9. The van der Waals surface area contributed by atoms with E-state index in [4.69, 9.17) is 16.3 Å². The zero-order chi connectivity index (χ0) is 19.8. The second-order valence-electron chi connectivity index (χ2n) is 5.57. The monoisotopic (exact) mass is 411 g/mol. The molecule has 146 valence electrons. The first-order chi connectivity index (χ1) is 13.0. The number of methoxy groups -OCH3 is 1. The lowest BCUT2D eigenvalue weighted by Crippen LogP contribution is -2.42. The first kappa shape index (κ1) is 21.2. The number of aromatic nitrogens is 3. The van der Waals surface area contributed by atoms with Gasteiger partial charge in [-0.15, -0.1) is 10.2 Å². The zero-order valence-electron chi connectivity index (χ0n) is 15.4. The molecule has 0 aliphatic heterocycles. The van der Waals surface area contributed by atoms with E-state index >= 15 is 0 Å². The van der Waals surface area contributed by atoms with Crippen molar-refractivity contribution in [1.82, 2.24) is 25.4 Å². The quantitative estimate of drug-likeness (QED) is 0.648. The van der Waals surface area contributed by atoms with Gasteiger partial charge >= 0.3 is 6.03 Å². The molecule has 10 heteroatoms. The predicted octanol–water partition coefficient (Wildman–Crippen LogP) is 2.57. The SMILES string of the molecule is CCNC(=O)NC(=O)[C@H](C)Sc1nnc(-c2ccc(Cl)cc2)n1CCOC. The van der Waals surface area contributed by atoms with E-state index in [9.17, 15) is 9.59 Å². The van der Waals surface area contributed by atoms with Gasteiger partial charge in [0.1, 0.15) is 0 Å². The Kier molecular flexibility index (Phi) is 8.08. The highest BCUT2D eigenvalue weighted by Gasteiger charge is 2.22. The molecule has 0 radical (unpaired) electrons. The summed E-state index contributed by atoms with van der Waals surface area (Å²) in [6.45, 7) is 4.91. The number of benzene rings is 1. The van der Waals surface area contributed by atoms with Crippen LogP contribution in [0, 0.1) is 0 Å². The Morgan fingerprint density at radius 3 is 2.63 bits per heavy atom. The van der Waals surface area contributed by atoms with E-state index in [-0.39, 0.29) is 0 Å². The minimum Gasteiger partial charge on any atom is -0.383 e. The number of halogens is 1. The number of hydrogen-bond donors (Lipinski definition) is 2. The van der Waals surface area contributed by atoms with Crippen molar-refractivity contribution in [2.24, 2.45) is 0 Å². The number of urea groups is 1. The highest BCUT2D eigenvalue weighted by Crippen LogP contribution is 2.27. The summed E-state index contributed by atoms with van der Waals surface area (Å²) < 4.78 is 7.06. The molecule has 0 bridgehead atoms. The van der Waals surface area contributed by atoms with Gasteiger partial charge < -0.3 is 10.1 Å². The molecule has 0 spiro atoms. The minimum atomic E-state index is -0.531. The van der Waals surface area contributed by atoms with Crippen molar-refractivity contribution in [3.63, 3.8) is 0 Å². The van der Waals surface area contributed by atoms with E-state index in [0.717, 1.165) is 5.56 Å². The number of rotatable bonds is 8. The van der Waals surface area contributed by atoms with E-state index in [0.29, 0.717) is 35.7 Å². The van der Waals surface area contributed by atoms with E-state index in [1.165, 1.54) is 11.8 Å². The second-order valence-corrected chi connectivity index (χ2v) is 7.31. The standard InChI is InChI=1S/C17H22ClN5O3S/c1-4-19-16(25)20-15(24)11(2)27-17-22-21-14(23(17)9-10-26-3)12-5-7-13(18)8-6-12/h5-8,11H,4,9-10H2,1-3H3,(H2,19,20,24,25)/t11-/m0/s1. The Morgan fingerprint density at radius 1 is 1.30 bits per heavy atom. The second kappa shape index (κ2) is 10.3. The van der Waals surface area contributed by atoms with Crippen LogP contribution in [0.2, 0.25) is 5.02 Å². The topological polar surface area (TPSA) is 98.1 Å². The van der Waals surface area contributed by atoms with Gasteiger partial charge in [0, 0.05) is 24.2 Å². The Hall–Kier alpha value is -2.10. The summed E-state index contributed by atoms with van der Waals surface area (Å²) in [7, 11) is 1.61. The van der Waals surface area contributed by atoms with Crippen LogP contribution in [0.3, 0.4) is 0 Å². The van der Waals surface area contributed by atoms with Crippen molar-refractivity contribution in [3.8, 4) is 11.4 Å². The third kappa shape index (κ3) is 5.95. The summed E-state index contributed by atoms with van der Waals surface area (Å²) in [5.41, 5.74) is 0.856. The lowest BCUT2D eigenvalue weighted by Gasteiger charge is -2.13. The van der Waals surface area contributed by atoms with Gasteiger partial charge in [-0.3, -0.25) is 14.7 Å².